The van der Waals surface area contributed by atoms with E-state index in [0.29, 0.717) is 11.4 Å². The van der Waals surface area contributed by atoms with Crippen LogP contribution in [0.25, 0.3) is 0 Å². The summed E-state index contributed by atoms with van der Waals surface area (Å²) >= 11 is 8.12. The van der Waals surface area contributed by atoms with Gasteiger partial charge in [-0.2, -0.15) is 0 Å². The Hall–Kier alpha value is -0.660. The molecule has 7 heteroatoms. The summed E-state index contributed by atoms with van der Waals surface area (Å²) in [5.74, 6) is 0.398. The van der Waals surface area contributed by atoms with Crippen LogP contribution in [0.4, 0.5) is 5.88 Å². The maximum absolute atomic E-state index is 12.0. The Balaban J connectivity index is 2.13. The van der Waals surface area contributed by atoms with E-state index in [1.54, 1.807) is 12.1 Å². The Labute approximate surface area is 125 Å². The molecule has 0 aliphatic rings. The zero-order valence-corrected chi connectivity index (χ0v) is 13.6. The average Bonchev–Trinajstić information content (AvgIpc) is 2.85. The topological polar surface area (TPSA) is 55.1 Å². The molecule has 0 saturated carbocycles. The van der Waals surface area contributed by atoms with Crippen molar-refractivity contribution in [2.45, 2.75) is 19.8 Å². The maximum Gasteiger partial charge on any atom is 0.260 e. The van der Waals surface area contributed by atoms with Gasteiger partial charge in [-0.15, -0.1) is 11.3 Å². The lowest BCUT2D eigenvalue weighted by atomic mass is 10.1. The largest absolute Gasteiger partial charge is 0.338 e. The van der Waals surface area contributed by atoms with Crippen LogP contribution in [0, 0.1) is 0 Å². The molecule has 2 aromatic heterocycles. The van der Waals surface area contributed by atoms with Gasteiger partial charge in [-0.1, -0.05) is 19.0 Å². The molecule has 1 amide bonds. The lowest BCUT2D eigenvalue weighted by Crippen LogP contribution is -2.10. The van der Waals surface area contributed by atoms with Crippen molar-refractivity contribution in [3.63, 3.8) is 0 Å². The smallest absolute Gasteiger partial charge is 0.260 e. The molecule has 2 heterocycles. The average molecular weight is 394 g/mol. The minimum absolute atomic E-state index is 0.227. The fourth-order valence-corrected chi connectivity index (χ4v) is 4.09. The molecule has 96 valence electrons. The zero-order chi connectivity index (χ0) is 13.3. The number of nitrogens with zero attached hydrogens (tertiary/aromatic N) is 1. The second-order valence-electron chi connectivity index (χ2n) is 3.96. The predicted molar refractivity (Wildman–Crippen MR) is 78.3 cm³/mol. The highest BCUT2D eigenvalue weighted by molar-refractivity contribution is 9.12. The summed E-state index contributed by atoms with van der Waals surface area (Å²) in [6, 6.07) is 3.49. The summed E-state index contributed by atoms with van der Waals surface area (Å²) in [6.45, 7) is 4.02. The van der Waals surface area contributed by atoms with Gasteiger partial charge in [0.15, 0.2) is 0 Å². The van der Waals surface area contributed by atoms with Crippen LogP contribution in [-0.4, -0.2) is 11.1 Å². The molecule has 1 N–H and O–H groups in total. The van der Waals surface area contributed by atoms with E-state index in [1.807, 2.05) is 13.8 Å². The van der Waals surface area contributed by atoms with Gasteiger partial charge in [-0.05, 0) is 43.8 Å². The van der Waals surface area contributed by atoms with Gasteiger partial charge in [0, 0.05) is 6.07 Å². The van der Waals surface area contributed by atoms with Crippen LogP contribution < -0.4 is 5.32 Å². The van der Waals surface area contributed by atoms with Gasteiger partial charge < -0.3 is 4.52 Å². The number of amides is 1. The second-order valence-corrected chi connectivity index (χ2v) is 7.71. The first-order chi connectivity index (χ1) is 8.47. The lowest BCUT2D eigenvalue weighted by Gasteiger charge is -1.98. The Kier molecular flexibility index (Phi) is 4.24. The Morgan fingerprint density at radius 3 is 2.67 bits per heavy atom. The van der Waals surface area contributed by atoms with E-state index in [1.165, 1.54) is 11.3 Å². The quantitative estimate of drug-likeness (QED) is 0.826. The molecular formula is C11H10Br2N2O2S. The van der Waals surface area contributed by atoms with E-state index in [0.717, 1.165) is 13.3 Å². The highest BCUT2D eigenvalue weighted by Gasteiger charge is 2.16. The number of carbonyl (C=O) groups is 1. The molecule has 18 heavy (non-hydrogen) atoms. The molecule has 0 bridgehead atoms. The molecule has 0 aromatic carbocycles. The number of thiophene rings is 1. The van der Waals surface area contributed by atoms with Crippen molar-refractivity contribution in [1.82, 2.24) is 5.16 Å². The molecule has 2 aromatic rings. The Morgan fingerprint density at radius 1 is 1.44 bits per heavy atom. The summed E-state index contributed by atoms with van der Waals surface area (Å²) < 4.78 is 6.72. The van der Waals surface area contributed by atoms with Crippen molar-refractivity contribution < 1.29 is 9.32 Å². The predicted octanol–water partition coefficient (Wildman–Crippen LogP) is 4.64. The summed E-state index contributed by atoms with van der Waals surface area (Å²) in [4.78, 5) is 12.0. The van der Waals surface area contributed by atoms with Crippen LogP contribution in [0.15, 0.2) is 24.2 Å². The first kappa shape index (κ1) is 13.8. The first-order valence-electron chi connectivity index (χ1n) is 5.20. The van der Waals surface area contributed by atoms with Crippen molar-refractivity contribution >= 4 is 55.0 Å². The highest BCUT2D eigenvalue weighted by atomic mass is 79.9. The van der Waals surface area contributed by atoms with Gasteiger partial charge >= 0.3 is 0 Å². The van der Waals surface area contributed by atoms with E-state index >= 15 is 0 Å². The number of aromatic nitrogens is 1. The van der Waals surface area contributed by atoms with Crippen molar-refractivity contribution in [3.8, 4) is 0 Å². The molecule has 0 spiro atoms. The molecule has 0 aliphatic heterocycles. The number of nitrogens with one attached hydrogen (secondary N) is 1. The summed E-state index contributed by atoms with van der Waals surface area (Å²) in [5.41, 5.74) is 1.38. The second kappa shape index (κ2) is 5.54. The third kappa shape index (κ3) is 3.02. The summed E-state index contributed by atoms with van der Waals surface area (Å²) in [5, 5.41) is 6.56. The van der Waals surface area contributed by atoms with Gasteiger partial charge in [-0.3, -0.25) is 10.1 Å². The van der Waals surface area contributed by atoms with Crippen LogP contribution in [0.5, 0.6) is 0 Å². The van der Waals surface area contributed by atoms with E-state index in [4.69, 9.17) is 4.52 Å². The van der Waals surface area contributed by atoms with Gasteiger partial charge in [0.05, 0.1) is 18.8 Å². The fourth-order valence-electron chi connectivity index (χ4n) is 1.29. The molecule has 0 atom stereocenters. The maximum atomic E-state index is 12.0. The molecule has 4 nitrogen and oxygen atoms in total. The van der Waals surface area contributed by atoms with Crippen LogP contribution >= 0.6 is 43.2 Å². The number of hydrogen-bond donors (Lipinski definition) is 1. The molecule has 0 radical (unpaired) electrons. The first-order valence-corrected chi connectivity index (χ1v) is 7.60. The van der Waals surface area contributed by atoms with Crippen LogP contribution in [0.1, 0.15) is 35.8 Å². The minimum atomic E-state index is -0.227. The number of anilines is 1. The van der Waals surface area contributed by atoms with E-state index in [2.05, 4.69) is 42.3 Å². The van der Waals surface area contributed by atoms with Crippen molar-refractivity contribution in [3.05, 3.63) is 31.0 Å². The Bertz CT molecular complexity index is 577. The number of rotatable bonds is 3. The highest BCUT2D eigenvalue weighted by Crippen LogP contribution is 2.32. The third-order valence-electron chi connectivity index (χ3n) is 2.26. The number of halogens is 2. The monoisotopic (exact) mass is 392 g/mol. The minimum Gasteiger partial charge on any atom is -0.338 e. The Morgan fingerprint density at radius 2 is 2.17 bits per heavy atom. The SMILES string of the molecule is CC(C)c1cc(NC(=O)c2cc(Br)sc2Br)on1. The van der Waals surface area contributed by atoms with Gasteiger partial charge in [0.1, 0.15) is 0 Å². The molecular weight excluding hydrogens is 384 g/mol. The van der Waals surface area contributed by atoms with Crippen molar-refractivity contribution in [2.24, 2.45) is 0 Å². The number of carbonyl (C=O) groups excluding carboxylic acids is 1. The van der Waals surface area contributed by atoms with Crippen molar-refractivity contribution in [2.75, 3.05) is 5.32 Å². The lowest BCUT2D eigenvalue weighted by molar-refractivity contribution is 0.102. The fraction of sp³-hybridized carbons (Fsp3) is 0.273. The normalized spacial score (nSPS) is 10.9. The molecule has 2 rings (SSSR count). The van der Waals surface area contributed by atoms with Crippen molar-refractivity contribution in [1.29, 1.82) is 0 Å². The molecule has 0 aliphatic carbocycles. The van der Waals surface area contributed by atoms with E-state index in [-0.39, 0.29) is 11.8 Å². The van der Waals surface area contributed by atoms with Crippen LogP contribution in [0.2, 0.25) is 0 Å². The molecule has 0 fully saturated rings. The van der Waals surface area contributed by atoms with E-state index < -0.39 is 0 Å². The van der Waals surface area contributed by atoms with E-state index in [9.17, 15) is 4.79 Å². The van der Waals surface area contributed by atoms with Gasteiger partial charge in [-0.25, -0.2) is 0 Å². The standard InChI is InChI=1S/C11H10Br2N2O2S/c1-5(2)7-4-9(17-15-7)14-11(16)6-3-8(12)18-10(6)13/h3-5H,1-2H3,(H,14,16). The third-order valence-corrected chi connectivity index (χ3v) is 4.60. The van der Waals surface area contributed by atoms with Crippen LogP contribution in [0.3, 0.4) is 0 Å². The number of hydrogen-bond acceptors (Lipinski definition) is 4. The summed E-state index contributed by atoms with van der Waals surface area (Å²) in [7, 11) is 0. The molecule has 0 saturated heterocycles. The van der Waals surface area contributed by atoms with Crippen LogP contribution in [-0.2, 0) is 0 Å². The zero-order valence-electron chi connectivity index (χ0n) is 9.66. The van der Waals surface area contributed by atoms with Gasteiger partial charge in [0.25, 0.3) is 5.91 Å². The summed E-state index contributed by atoms with van der Waals surface area (Å²) in [6.07, 6.45) is 0. The van der Waals surface area contributed by atoms with Gasteiger partial charge in [0.2, 0.25) is 5.88 Å². The molecule has 0 unspecified atom stereocenters.